The number of methoxy groups -OCH3 is 2. The topological polar surface area (TPSA) is 89.7 Å². The summed E-state index contributed by atoms with van der Waals surface area (Å²) in [5, 5.41) is 7.22. The number of rotatable bonds is 9. The van der Waals surface area contributed by atoms with Gasteiger partial charge in [-0.3, -0.25) is 9.69 Å². The number of likely N-dealkylation sites (tertiary alicyclic amines) is 1. The Morgan fingerprint density at radius 3 is 2.82 bits per heavy atom. The SMILES string of the molecule is COc1ccc(CCNC(=O)C2CCCN(Cc3nc(-c4cccc(C)c4)no3)C2)cc1OC. The molecule has 0 bridgehead atoms. The number of nitrogens with one attached hydrogen (secondary N) is 1. The van der Waals surface area contributed by atoms with Crippen molar-refractivity contribution in [3.8, 4) is 22.9 Å². The Morgan fingerprint density at radius 1 is 1.18 bits per heavy atom. The molecular weight excluding hydrogens is 432 g/mol. The number of ether oxygens (including phenoxy) is 2. The monoisotopic (exact) mass is 464 g/mol. The van der Waals surface area contributed by atoms with E-state index in [1.54, 1.807) is 14.2 Å². The first-order valence-corrected chi connectivity index (χ1v) is 11.7. The van der Waals surface area contributed by atoms with Crippen LogP contribution in [-0.4, -0.2) is 54.8 Å². The lowest BCUT2D eigenvalue weighted by atomic mass is 9.97. The van der Waals surface area contributed by atoms with Gasteiger partial charge in [0.25, 0.3) is 0 Å². The molecule has 34 heavy (non-hydrogen) atoms. The number of amides is 1. The summed E-state index contributed by atoms with van der Waals surface area (Å²) in [5.41, 5.74) is 3.18. The minimum Gasteiger partial charge on any atom is -0.493 e. The molecule has 2 heterocycles. The molecule has 1 amide bonds. The fourth-order valence-corrected chi connectivity index (χ4v) is 4.34. The largest absolute Gasteiger partial charge is 0.493 e. The number of hydrogen-bond donors (Lipinski definition) is 1. The Labute approximate surface area is 200 Å². The lowest BCUT2D eigenvalue weighted by Crippen LogP contribution is -2.43. The zero-order valence-corrected chi connectivity index (χ0v) is 20.0. The van der Waals surface area contributed by atoms with Crippen LogP contribution < -0.4 is 14.8 Å². The Bertz CT molecular complexity index is 1110. The molecular formula is C26H32N4O4. The quantitative estimate of drug-likeness (QED) is 0.517. The highest BCUT2D eigenvalue weighted by Gasteiger charge is 2.26. The van der Waals surface area contributed by atoms with E-state index in [2.05, 4.69) is 20.4 Å². The minimum atomic E-state index is -0.0432. The van der Waals surface area contributed by atoms with Crippen molar-refractivity contribution in [2.75, 3.05) is 33.9 Å². The van der Waals surface area contributed by atoms with Crippen LogP contribution in [0.15, 0.2) is 47.0 Å². The average Bonchev–Trinajstić information content (AvgIpc) is 3.32. The maximum Gasteiger partial charge on any atom is 0.241 e. The summed E-state index contributed by atoms with van der Waals surface area (Å²) >= 11 is 0. The smallest absolute Gasteiger partial charge is 0.241 e. The number of carbonyl (C=O) groups is 1. The molecule has 1 atom stereocenters. The second-order valence-electron chi connectivity index (χ2n) is 8.69. The summed E-state index contributed by atoms with van der Waals surface area (Å²) < 4.78 is 16.1. The van der Waals surface area contributed by atoms with E-state index in [9.17, 15) is 4.79 Å². The van der Waals surface area contributed by atoms with Crippen LogP contribution in [0, 0.1) is 12.8 Å². The van der Waals surface area contributed by atoms with Crippen molar-refractivity contribution in [3.05, 3.63) is 59.5 Å². The Morgan fingerprint density at radius 2 is 2.03 bits per heavy atom. The minimum absolute atomic E-state index is 0.0432. The molecule has 8 heteroatoms. The summed E-state index contributed by atoms with van der Waals surface area (Å²) in [6.07, 6.45) is 2.58. The zero-order valence-electron chi connectivity index (χ0n) is 20.0. The van der Waals surface area contributed by atoms with E-state index in [0.29, 0.717) is 42.8 Å². The fraction of sp³-hybridized carbons (Fsp3) is 0.423. The van der Waals surface area contributed by atoms with Gasteiger partial charge in [-0.05, 0) is 56.5 Å². The first-order valence-electron chi connectivity index (χ1n) is 11.7. The standard InChI is InChI=1S/C26H32N4O4/c1-18-6-4-7-20(14-18)25-28-24(34-29-25)17-30-13-5-8-21(16-30)26(31)27-12-11-19-9-10-22(32-2)23(15-19)33-3/h4,6-7,9-10,14-15,21H,5,8,11-13,16-17H2,1-3H3,(H,27,31). The number of carbonyl (C=O) groups excluding carboxylic acids is 1. The van der Waals surface area contributed by atoms with Crippen molar-refractivity contribution in [3.63, 3.8) is 0 Å². The van der Waals surface area contributed by atoms with E-state index in [1.165, 1.54) is 0 Å². The van der Waals surface area contributed by atoms with Gasteiger partial charge < -0.3 is 19.3 Å². The molecule has 1 aliphatic rings. The van der Waals surface area contributed by atoms with E-state index in [4.69, 9.17) is 14.0 Å². The number of aromatic nitrogens is 2. The van der Waals surface area contributed by atoms with E-state index < -0.39 is 0 Å². The molecule has 0 aliphatic carbocycles. The molecule has 1 aliphatic heterocycles. The van der Waals surface area contributed by atoms with Gasteiger partial charge in [0, 0.05) is 18.7 Å². The molecule has 1 aromatic heterocycles. The van der Waals surface area contributed by atoms with Crippen molar-refractivity contribution >= 4 is 5.91 Å². The van der Waals surface area contributed by atoms with Gasteiger partial charge in [-0.15, -0.1) is 0 Å². The normalized spacial score (nSPS) is 16.3. The summed E-state index contributed by atoms with van der Waals surface area (Å²) in [5.74, 6) is 2.62. The lowest BCUT2D eigenvalue weighted by molar-refractivity contribution is -0.126. The predicted octanol–water partition coefficient (Wildman–Crippen LogP) is 3.63. The molecule has 4 rings (SSSR count). The molecule has 0 spiro atoms. The molecule has 3 aromatic rings. The van der Waals surface area contributed by atoms with E-state index in [1.807, 2.05) is 49.4 Å². The molecule has 180 valence electrons. The van der Waals surface area contributed by atoms with Crippen LogP contribution in [0.25, 0.3) is 11.4 Å². The van der Waals surface area contributed by atoms with Crippen molar-refractivity contribution < 1.29 is 18.8 Å². The third-order valence-electron chi connectivity index (χ3n) is 6.14. The Kier molecular flexibility index (Phi) is 7.80. The number of aryl methyl sites for hydroxylation is 1. The van der Waals surface area contributed by atoms with E-state index in [0.717, 1.165) is 42.5 Å². The van der Waals surface area contributed by atoms with Gasteiger partial charge in [0.1, 0.15) is 0 Å². The second-order valence-corrected chi connectivity index (χ2v) is 8.69. The molecule has 2 aromatic carbocycles. The molecule has 0 radical (unpaired) electrons. The molecule has 1 unspecified atom stereocenters. The van der Waals surface area contributed by atoms with Gasteiger partial charge in [0.05, 0.1) is 26.7 Å². The molecule has 1 N–H and O–H groups in total. The summed E-state index contributed by atoms with van der Waals surface area (Å²) in [6, 6.07) is 13.9. The molecule has 1 fully saturated rings. The maximum atomic E-state index is 12.8. The van der Waals surface area contributed by atoms with Gasteiger partial charge in [-0.25, -0.2) is 0 Å². The van der Waals surface area contributed by atoms with Crippen LogP contribution in [0.4, 0.5) is 0 Å². The van der Waals surface area contributed by atoms with Gasteiger partial charge >= 0.3 is 0 Å². The maximum absolute atomic E-state index is 12.8. The zero-order chi connectivity index (χ0) is 23.9. The van der Waals surface area contributed by atoms with Gasteiger partial charge in [0.15, 0.2) is 11.5 Å². The van der Waals surface area contributed by atoms with Gasteiger partial charge in [0.2, 0.25) is 17.6 Å². The van der Waals surface area contributed by atoms with Crippen molar-refractivity contribution in [1.82, 2.24) is 20.4 Å². The van der Waals surface area contributed by atoms with Crippen LogP contribution in [-0.2, 0) is 17.8 Å². The van der Waals surface area contributed by atoms with E-state index >= 15 is 0 Å². The average molecular weight is 465 g/mol. The van der Waals surface area contributed by atoms with Crippen molar-refractivity contribution in [2.45, 2.75) is 32.7 Å². The Hall–Kier alpha value is -3.39. The number of piperidine rings is 1. The van der Waals surface area contributed by atoms with Crippen molar-refractivity contribution in [1.29, 1.82) is 0 Å². The summed E-state index contributed by atoms with van der Waals surface area (Å²) in [6.45, 7) is 4.77. The third kappa shape index (κ3) is 5.94. The summed E-state index contributed by atoms with van der Waals surface area (Å²) in [4.78, 5) is 19.6. The Balaban J connectivity index is 1.27. The third-order valence-corrected chi connectivity index (χ3v) is 6.14. The van der Waals surface area contributed by atoms with Crippen LogP contribution in [0.1, 0.15) is 29.9 Å². The highest BCUT2D eigenvalue weighted by Crippen LogP contribution is 2.27. The van der Waals surface area contributed by atoms with Crippen LogP contribution in [0.3, 0.4) is 0 Å². The number of hydrogen-bond acceptors (Lipinski definition) is 7. The molecule has 1 saturated heterocycles. The van der Waals surface area contributed by atoms with E-state index in [-0.39, 0.29) is 11.8 Å². The first-order chi connectivity index (χ1) is 16.6. The molecule has 8 nitrogen and oxygen atoms in total. The number of benzene rings is 2. The summed E-state index contributed by atoms with van der Waals surface area (Å²) in [7, 11) is 3.24. The van der Waals surface area contributed by atoms with Crippen LogP contribution in [0.2, 0.25) is 0 Å². The van der Waals surface area contributed by atoms with Gasteiger partial charge in [-0.2, -0.15) is 4.98 Å². The first kappa shape index (κ1) is 23.8. The van der Waals surface area contributed by atoms with Gasteiger partial charge in [-0.1, -0.05) is 35.0 Å². The van der Waals surface area contributed by atoms with Crippen LogP contribution >= 0.6 is 0 Å². The fourth-order valence-electron chi connectivity index (χ4n) is 4.34. The highest BCUT2D eigenvalue weighted by molar-refractivity contribution is 5.79. The lowest BCUT2D eigenvalue weighted by Gasteiger charge is -2.30. The molecule has 0 saturated carbocycles. The van der Waals surface area contributed by atoms with Crippen LogP contribution in [0.5, 0.6) is 11.5 Å². The second kappa shape index (κ2) is 11.2. The van der Waals surface area contributed by atoms with Crippen molar-refractivity contribution in [2.24, 2.45) is 5.92 Å². The highest BCUT2D eigenvalue weighted by atomic mass is 16.5. The number of nitrogens with zero attached hydrogens (tertiary/aromatic N) is 3. The predicted molar refractivity (Wildman–Crippen MR) is 129 cm³/mol.